The Bertz CT molecular complexity index is 641. The molecule has 0 bridgehead atoms. The maximum atomic E-state index is 12.3. The summed E-state index contributed by atoms with van der Waals surface area (Å²) in [7, 11) is -1.16. The summed E-state index contributed by atoms with van der Waals surface area (Å²) in [6.45, 7) is 7.50. The average Bonchev–Trinajstić information content (AvgIpc) is 3.15. The lowest BCUT2D eigenvalue weighted by molar-refractivity contribution is 0.119. The van der Waals surface area contributed by atoms with Gasteiger partial charge in [-0.3, -0.25) is 4.57 Å². The lowest BCUT2D eigenvalue weighted by Gasteiger charge is -2.29. The number of hydrogen-bond acceptors (Lipinski definition) is 4. The predicted octanol–water partition coefficient (Wildman–Crippen LogP) is 7.47. The highest BCUT2D eigenvalue weighted by molar-refractivity contribution is 7.52. The summed E-state index contributed by atoms with van der Waals surface area (Å²) in [5, 5.41) is 0. The first-order valence-corrected chi connectivity index (χ1v) is 13.4. The van der Waals surface area contributed by atoms with E-state index in [1.807, 2.05) is 6.92 Å². The fourth-order valence-corrected chi connectivity index (χ4v) is 5.51. The molecule has 1 aromatic rings. The fraction of sp³-hybridized carbons (Fsp3) is 0.750. The number of methoxy groups -OCH3 is 1. The van der Waals surface area contributed by atoms with Crippen LogP contribution in [0.3, 0.4) is 0 Å². The quantitative estimate of drug-likeness (QED) is 0.228. The van der Waals surface area contributed by atoms with Crippen LogP contribution in [0.15, 0.2) is 24.3 Å². The third kappa shape index (κ3) is 8.17. The number of aryl methyl sites for hydroxylation is 1. The minimum atomic E-state index is -2.93. The maximum absolute atomic E-state index is 12.3. The van der Waals surface area contributed by atoms with Crippen molar-refractivity contribution in [3.63, 3.8) is 0 Å². The lowest BCUT2D eigenvalue weighted by Crippen LogP contribution is -2.22. The molecule has 29 heavy (non-hydrogen) atoms. The molecule has 0 spiro atoms. The second-order valence-electron chi connectivity index (χ2n) is 8.65. The van der Waals surface area contributed by atoms with E-state index in [0.29, 0.717) is 19.1 Å². The summed E-state index contributed by atoms with van der Waals surface area (Å²) < 4.78 is 28.5. The van der Waals surface area contributed by atoms with Gasteiger partial charge >= 0.3 is 7.60 Å². The van der Waals surface area contributed by atoms with Crippen molar-refractivity contribution in [2.75, 3.05) is 33.6 Å². The van der Waals surface area contributed by atoms with Crippen molar-refractivity contribution in [1.82, 2.24) is 0 Å². The molecule has 0 N–H and O–H groups in total. The van der Waals surface area contributed by atoms with Gasteiger partial charge in [-0.1, -0.05) is 44.0 Å². The largest absolute Gasteiger partial charge is 0.385 e. The molecule has 1 aromatic carbocycles. The van der Waals surface area contributed by atoms with E-state index in [1.54, 1.807) is 13.8 Å². The summed E-state index contributed by atoms with van der Waals surface area (Å²) in [4.78, 5) is 0. The fourth-order valence-electron chi connectivity index (χ4n) is 4.46. The minimum absolute atomic E-state index is 0. The first kappa shape index (κ1) is 24.6. The van der Waals surface area contributed by atoms with Crippen LogP contribution in [0.2, 0.25) is 0 Å². The molecule has 0 aromatic heterocycles. The Balaban J connectivity index is 0.00000450. The Morgan fingerprint density at radius 2 is 1.83 bits per heavy atom. The van der Waals surface area contributed by atoms with Crippen LogP contribution in [-0.4, -0.2) is 33.6 Å². The smallest absolute Gasteiger partial charge is 0.327 e. The number of unbranched alkanes of at least 4 members (excludes halogenated alkanes) is 3. The Morgan fingerprint density at radius 1 is 1.10 bits per heavy atom. The third-order valence-electron chi connectivity index (χ3n) is 6.44. The van der Waals surface area contributed by atoms with Gasteiger partial charge in [0.25, 0.3) is 0 Å². The van der Waals surface area contributed by atoms with Crippen molar-refractivity contribution >= 4 is 7.60 Å². The normalized spacial score (nSPS) is 23.9. The summed E-state index contributed by atoms with van der Waals surface area (Å²) in [5.41, 5.74) is 3.00. The Hall–Kier alpha value is -0.670. The molecule has 1 aliphatic carbocycles. The first-order valence-electron chi connectivity index (χ1n) is 11.4. The highest BCUT2D eigenvalue weighted by Crippen LogP contribution is 2.52. The Labute approximate surface area is 181 Å². The van der Waals surface area contributed by atoms with Crippen molar-refractivity contribution in [2.45, 2.75) is 77.6 Å². The zero-order chi connectivity index (χ0) is 21.2. The second kappa shape index (κ2) is 12.2. The highest BCUT2D eigenvalue weighted by atomic mass is 31.2. The van der Waals surface area contributed by atoms with Gasteiger partial charge in [0.1, 0.15) is 0 Å². The molecule has 0 amide bonds. The molecule has 1 aliphatic rings. The summed E-state index contributed by atoms with van der Waals surface area (Å²) in [6.07, 6.45) is 10.6. The van der Waals surface area contributed by atoms with Crippen molar-refractivity contribution in [3.05, 3.63) is 35.4 Å². The van der Waals surface area contributed by atoms with E-state index < -0.39 is 7.60 Å². The summed E-state index contributed by atoms with van der Waals surface area (Å²) in [5.74, 6) is 0.574. The molecule has 0 heterocycles. The SMILES string of the molecule is CCOP(C)(=O)OC[C@@]1(CC)CCC(c2ccc(CCCCCCOC)cc2)C1.[HH].[HH]. The van der Waals surface area contributed by atoms with E-state index in [4.69, 9.17) is 13.8 Å². The van der Waals surface area contributed by atoms with Crippen LogP contribution in [0.4, 0.5) is 0 Å². The zero-order valence-electron chi connectivity index (χ0n) is 19.0. The molecule has 170 valence electrons. The molecule has 4 nitrogen and oxygen atoms in total. The topological polar surface area (TPSA) is 44.8 Å². The molecule has 2 rings (SSSR count). The van der Waals surface area contributed by atoms with Gasteiger partial charge in [0.15, 0.2) is 0 Å². The van der Waals surface area contributed by atoms with Gasteiger partial charge in [0.05, 0.1) is 13.2 Å². The molecular formula is C24H45O4P. The van der Waals surface area contributed by atoms with Crippen LogP contribution in [0, 0.1) is 5.41 Å². The van der Waals surface area contributed by atoms with Crippen molar-refractivity contribution < 1.29 is 21.2 Å². The molecule has 0 aliphatic heterocycles. The van der Waals surface area contributed by atoms with Crippen LogP contribution in [0.25, 0.3) is 0 Å². The molecule has 0 saturated heterocycles. The summed E-state index contributed by atoms with van der Waals surface area (Å²) >= 11 is 0. The molecule has 5 heteroatoms. The average molecular weight is 429 g/mol. The van der Waals surface area contributed by atoms with Gasteiger partial charge in [0, 0.05) is 23.2 Å². The van der Waals surface area contributed by atoms with Crippen molar-refractivity contribution in [1.29, 1.82) is 0 Å². The van der Waals surface area contributed by atoms with Crippen LogP contribution in [0.5, 0.6) is 0 Å². The van der Waals surface area contributed by atoms with Gasteiger partial charge in [-0.2, -0.15) is 0 Å². The number of hydrogen-bond donors (Lipinski definition) is 0. The molecule has 1 fully saturated rings. The van der Waals surface area contributed by atoms with Gasteiger partial charge in [0.2, 0.25) is 0 Å². The van der Waals surface area contributed by atoms with E-state index in [2.05, 4.69) is 31.2 Å². The highest BCUT2D eigenvalue weighted by Gasteiger charge is 2.39. The van der Waals surface area contributed by atoms with E-state index in [0.717, 1.165) is 38.7 Å². The standard InChI is InChI=1S/C24H41O4P.2H2/c1-5-24(20-28-29(4,25)27-6-2)17-16-23(19-24)22-14-12-21(13-15-22)11-9-7-8-10-18-26-3;;/h12-15,23H,5-11,16-20H2,1-4H3;2*1H/t23?,24-,29?;;/m0../s1. The summed E-state index contributed by atoms with van der Waals surface area (Å²) in [6, 6.07) is 9.26. The van der Waals surface area contributed by atoms with Crippen molar-refractivity contribution in [3.8, 4) is 0 Å². The zero-order valence-corrected chi connectivity index (χ0v) is 19.8. The number of rotatable bonds is 14. The first-order chi connectivity index (χ1) is 13.9. The molecule has 2 unspecified atom stereocenters. The van der Waals surface area contributed by atoms with Crippen molar-refractivity contribution in [2.24, 2.45) is 5.41 Å². The minimum Gasteiger partial charge on any atom is -0.385 e. The molecule has 3 atom stereocenters. The van der Waals surface area contributed by atoms with Gasteiger partial charge in [-0.25, -0.2) is 0 Å². The van der Waals surface area contributed by atoms with Crippen LogP contribution < -0.4 is 0 Å². The molecule has 1 saturated carbocycles. The van der Waals surface area contributed by atoms with Gasteiger partial charge in [-0.05, 0) is 74.3 Å². The number of benzene rings is 1. The molecule has 0 radical (unpaired) electrons. The lowest BCUT2D eigenvalue weighted by atomic mass is 9.82. The van der Waals surface area contributed by atoms with Crippen LogP contribution in [-0.2, 0) is 24.8 Å². The van der Waals surface area contributed by atoms with E-state index in [1.165, 1.54) is 36.8 Å². The van der Waals surface area contributed by atoms with E-state index in [-0.39, 0.29) is 8.27 Å². The number of ether oxygens (including phenoxy) is 1. The van der Waals surface area contributed by atoms with Gasteiger partial charge in [-0.15, -0.1) is 0 Å². The monoisotopic (exact) mass is 428 g/mol. The third-order valence-corrected chi connectivity index (χ3v) is 7.76. The maximum Gasteiger partial charge on any atom is 0.327 e. The Morgan fingerprint density at radius 3 is 2.48 bits per heavy atom. The van der Waals surface area contributed by atoms with E-state index >= 15 is 0 Å². The Kier molecular flexibility index (Phi) is 10.4. The van der Waals surface area contributed by atoms with Gasteiger partial charge < -0.3 is 13.8 Å². The van der Waals surface area contributed by atoms with Crippen LogP contribution in [0.1, 0.15) is 85.1 Å². The second-order valence-corrected chi connectivity index (χ2v) is 10.7. The molecular weight excluding hydrogens is 383 g/mol. The van der Waals surface area contributed by atoms with E-state index in [9.17, 15) is 4.57 Å². The van der Waals surface area contributed by atoms with Crippen LogP contribution >= 0.6 is 7.60 Å². The predicted molar refractivity (Wildman–Crippen MR) is 125 cm³/mol.